The molecule has 2 rings (SSSR count). The molecule has 0 amide bonds. The van der Waals surface area contributed by atoms with E-state index >= 15 is 0 Å². The normalized spacial score (nSPS) is 11.8. The van der Waals surface area contributed by atoms with Crippen molar-refractivity contribution in [2.24, 2.45) is 0 Å². The molecule has 84 valence electrons. The van der Waals surface area contributed by atoms with Crippen LogP contribution >= 0.6 is 11.3 Å². The minimum atomic E-state index is 0.123. The highest BCUT2D eigenvalue weighted by Gasteiger charge is 2.16. The number of thiophene rings is 1. The van der Waals surface area contributed by atoms with E-state index in [1.807, 2.05) is 6.20 Å². The van der Waals surface area contributed by atoms with E-state index in [9.17, 15) is 0 Å². The van der Waals surface area contributed by atoms with E-state index in [4.69, 9.17) is 0 Å². The van der Waals surface area contributed by atoms with Gasteiger partial charge in [0.25, 0.3) is 0 Å². The Bertz CT molecular complexity index is 478. The Labute approximate surface area is 101 Å². The van der Waals surface area contributed by atoms with E-state index < -0.39 is 0 Å². The quantitative estimate of drug-likeness (QED) is 0.708. The first-order valence-corrected chi connectivity index (χ1v) is 6.42. The Kier molecular flexibility index (Phi) is 2.85. The van der Waals surface area contributed by atoms with Crippen LogP contribution in [0, 0.1) is 6.92 Å². The Hall–Kier alpha value is -1.15. The van der Waals surface area contributed by atoms with Crippen LogP contribution < -0.4 is 0 Å². The summed E-state index contributed by atoms with van der Waals surface area (Å²) in [6.07, 6.45) is 2.00. The highest BCUT2D eigenvalue weighted by molar-refractivity contribution is 7.08. The zero-order valence-electron chi connectivity index (χ0n) is 10.2. The van der Waals surface area contributed by atoms with Crippen LogP contribution in [0.1, 0.15) is 32.0 Å². The third kappa shape index (κ3) is 2.17. The molecule has 1 nitrogen and oxygen atoms in total. The second-order valence-electron chi connectivity index (χ2n) is 5.15. The molecule has 0 aliphatic rings. The molecule has 0 bridgehead atoms. The van der Waals surface area contributed by atoms with Gasteiger partial charge in [0.15, 0.2) is 0 Å². The second kappa shape index (κ2) is 4.02. The zero-order valence-corrected chi connectivity index (χ0v) is 11.1. The summed E-state index contributed by atoms with van der Waals surface area (Å²) in [4.78, 5) is 4.57. The van der Waals surface area contributed by atoms with E-state index in [0.717, 1.165) is 5.69 Å². The Balaban J connectivity index is 2.46. The van der Waals surface area contributed by atoms with Crippen LogP contribution in [-0.4, -0.2) is 4.98 Å². The van der Waals surface area contributed by atoms with Gasteiger partial charge in [0.05, 0.1) is 0 Å². The van der Waals surface area contributed by atoms with E-state index in [2.05, 4.69) is 55.6 Å². The molecule has 0 aromatic carbocycles. The monoisotopic (exact) mass is 231 g/mol. The fourth-order valence-electron chi connectivity index (χ4n) is 1.69. The highest BCUT2D eigenvalue weighted by Crippen LogP contribution is 2.28. The minimum Gasteiger partial charge on any atom is -0.260 e. The molecule has 0 aliphatic heterocycles. The van der Waals surface area contributed by atoms with Crippen molar-refractivity contribution < 1.29 is 0 Å². The molecule has 2 heteroatoms. The van der Waals surface area contributed by atoms with Crippen LogP contribution in [0.3, 0.4) is 0 Å². The molecule has 0 fully saturated rings. The van der Waals surface area contributed by atoms with Crippen molar-refractivity contribution in [2.75, 3.05) is 0 Å². The summed E-state index contributed by atoms with van der Waals surface area (Å²) >= 11 is 1.73. The van der Waals surface area contributed by atoms with Crippen LogP contribution in [0.15, 0.2) is 29.1 Å². The maximum absolute atomic E-state index is 4.57. The average molecular weight is 231 g/mol. The number of nitrogens with zero attached hydrogens (tertiary/aromatic N) is 1. The molecular formula is C14H17NS. The summed E-state index contributed by atoms with van der Waals surface area (Å²) in [5.74, 6) is 0. The highest BCUT2D eigenvalue weighted by atomic mass is 32.1. The minimum absolute atomic E-state index is 0.123. The fourth-order valence-corrected chi connectivity index (χ4v) is 2.34. The Morgan fingerprint density at radius 3 is 2.50 bits per heavy atom. The van der Waals surface area contributed by atoms with Gasteiger partial charge >= 0.3 is 0 Å². The average Bonchev–Trinajstić information content (AvgIpc) is 2.69. The van der Waals surface area contributed by atoms with Crippen molar-refractivity contribution in [1.82, 2.24) is 4.98 Å². The molecule has 0 saturated carbocycles. The van der Waals surface area contributed by atoms with Gasteiger partial charge in [-0.3, -0.25) is 4.98 Å². The first kappa shape index (κ1) is 11.3. The van der Waals surface area contributed by atoms with Gasteiger partial charge in [-0.2, -0.15) is 11.3 Å². The summed E-state index contributed by atoms with van der Waals surface area (Å²) in [6, 6.07) is 4.35. The standard InChI is InChI=1S/C14H17NS/c1-10-7-13(14(2,3)4)15-8-12(10)11-5-6-16-9-11/h5-9H,1-4H3. The molecule has 2 aromatic heterocycles. The first-order valence-electron chi connectivity index (χ1n) is 5.48. The maximum atomic E-state index is 4.57. The van der Waals surface area contributed by atoms with Gasteiger partial charge in [0, 0.05) is 22.9 Å². The van der Waals surface area contributed by atoms with Crippen LogP contribution in [0.5, 0.6) is 0 Å². The van der Waals surface area contributed by atoms with Crippen molar-refractivity contribution >= 4 is 11.3 Å². The molecule has 2 aromatic rings. The molecule has 0 N–H and O–H groups in total. The van der Waals surface area contributed by atoms with Crippen molar-refractivity contribution in [3.8, 4) is 11.1 Å². The van der Waals surface area contributed by atoms with Gasteiger partial charge in [-0.15, -0.1) is 0 Å². The fraction of sp³-hybridized carbons (Fsp3) is 0.357. The molecule has 16 heavy (non-hydrogen) atoms. The molecule has 0 unspecified atom stereocenters. The van der Waals surface area contributed by atoms with Crippen molar-refractivity contribution in [1.29, 1.82) is 0 Å². The van der Waals surface area contributed by atoms with Gasteiger partial charge in [0.1, 0.15) is 0 Å². The smallest absolute Gasteiger partial charge is 0.0460 e. The summed E-state index contributed by atoms with van der Waals surface area (Å²) in [7, 11) is 0. The molecule has 0 aliphatic carbocycles. The van der Waals surface area contributed by atoms with Gasteiger partial charge in [-0.25, -0.2) is 0 Å². The summed E-state index contributed by atoms with van der Waals surface area (Å²) < 4.78 is 0. The second-order valence-corrected chi connectivity index (χ2v) is 5.93. The largest absolute Gasteiger partial charge is 0.260 e. The number of hydrogen-bond donors (Lipinski definition) is 0. The van der Waals surface area contributed by atoms with Crippen molar-refractivity contribution in [3.63, 3.8) is 0 Å². The van der Waals surface area contributed by atoms with Crippen molar-refractivity contribution in [3.05, 3.63) is 40.3 Å². The molecule has 0 spiro atoms. The lowest BCUT2D eigenvalue weighted by Crippen LogP contribution is -2.13. The van der Waals surface area contributed by atoms with E-state index in [-0.39, 0.29) is 5.41 Å². The van der Waals surface area contributed by atoms with Gasteiger partial charge < -0.3 is 0 Å². The first-order chi connectivity index (χ1) is 7.48. The van der Waals surface area contributed by atoms with Gasteiger partial charge in [-0.05, 0) is 40.9 Å². The van der Waals surface area contributed by atoms with Crippen molar-refractivity contribution in [2.45, 2.75) is 33.1 Å². The lowest BCUT2D eigenvalue weighted by atomic mass is 9.90. The molecule has 2 heterocycles. The van der Waals surface area contributed by atoms with E-state index in [1.165, 1.54) is 16.7 Å². The maximum Gasteiger partial charge on any atom is 0.0460 e. The van der Waals surface area contributed by atoms with Gasteiger partial charge in [0.2, 0.25) is 0 Å². The summed E-state index contributed by atoms with van der Waals surface area (Å²) in [5.41, 5.74) is 5.10. The summed E-state index contributed by atoms with van der Waals surface area (Å²) in [6.45, 7) is 8.74. The predicted molar refractivity (Wildman–Crippen MR) is 71.0 cm³/mol. The topological polar surface area (TPSA) is 12.9 Å². The molecule has 0 atom stereocenters. The molecule has 0 radical (unpaired) electrons. The summed E-state index contributed by atoms with van der Waals surface area (Å²) in [5, 5.41) is 4.27. The number of rotatable bonds is 1. The van der Waals surface area contributed by atoms with E-state index in [0.29, 0.717) is 0 Å². The number of aryl methyl sites for hydroxylation is 1. The van der Waals surface area contributed by atoms with Gasteiger partial charge in [-0.1, -0.05) is 20.8 Å². The van der Waals surface area contributed by atoms with E-state index in [1.54, 1.807) is 11.3 Å². The Morgan fingerprint density at radius 1 is 1.25 bits per heavy atom. The van der Waals surface area contributed by atoms with Crippen LogP contribution in [-0.2, 0) is 5.41 Å². The zero-order chi connectivity index (χ0) is 11.8. The third-order valence-corrected chi connectivity index (χ3v) is 3.39. The molecule has 0 saturated heterocycles. The number of aromatic nitrogens is 1. The molecular weight excluding hydrogens is 214 g/mol. The number of pyridine rings is 1. The number of hydrogen-bond acceptors (Lipinski definition) is 2. The van der Waals surface area contributed by atoms with Crippen LogP contribution in [0.4, 0.5) is 0 Å². The lowest BCUT2D eigenvalue weighted by Gasteiger charge is -2.19. The van der Waals surface area contributed by atoms with Crippen LogP contribution in [0.25, 0.3) is 11.1 Å². The lowest BCUT2D eigenvalue weighted by molar-refractivity contribution is 0.568. The Morgan fingerprint density at radius 2 is 2.00 bits per heavy atom. The SMILES string of the molecule is Cc1cc(C(C)(C)C)ncc1-c1ccsc1. The predicted octanol–water partition coefficient (Wildman–Crippen LogP) is 4.42. The third-order valence-electron chi connectivity index (χ3n) is 2.71. The van der Waals surface area contributed by atoms with Crippen LogP contribution in [0.2, 0.25) is 0 Å².